The first kappa shape index (κ1) is 14.0. The molecule has 6 aromatic carbocycles. The van der Waals surface area contributed by atoms with E-state index in [0.29, 0.717) is 5.56 Å². The largest absolute Gasteiger partial charge is 0.0984 e. The van der Waals surface area contributed by atoms with Crippen LogP contribution in [0.1, 0.15) is 12.4 Å². The second-order valence-electron chi connectivity index (χ2n) is 7.79. The first-order valence-corrected chi connectivity index (χ1v) is 10.6. The lowest BCUT2D eigenvalue weighted by molar-refractivity contribution is 1.64. The molecule has 0 aliphatic heterocycles. The zero-order chi connectivity index (χ0) is 25.8. The number of hydrogen-bond acceptors (Lipinski definition) is 0. The summed E-state index contributed by atoms with van der Waals surface area (Å²) in [6.45, 7) is 4.09. The molecule has 0 heterocycles. The van der Waals surface area contributed by atoms with E-state index in [1.165, 1.54) is 0 Å². The molecule has 0 atom stereocenters. The van der Waals surface area contributed by atoms with Crippen molar-refractivity contribution in [1.82, 2.24) is 0 Å². The highest BCUT2D eigenvalue weighted by molar-refractivity contribution is 6.21. The van der Waals surface area contributed by atoms with Gasteiger partial charge in [-0.15, -0.1) is 0 Å². The summed E-state index contributed by atoms with van der Waals surface area (Å²) in [7, 11) is 0. The van der Waals surface area contributed by atoms with Gasteiger partial charge in [0.05, 0.1) is 6.85 Å². The molecule has 0 unspecified atom stereocenters. The Balaban J connectivity index is 1.77. The van der Waals surface area contributed by atoms with Crippen LogP contribution in [-0.4, -0.2) is 0 Å². The lowest BCUT2D eigenvalue weighted by Gasteiger charge is -2.18. The number of fused-ring (bicyclic) bond motifs is 3. The summed E-state index contributed by atoms with van der Waals surface area (Å²) in [5.74, 6) is 0. The van der Waals surface area contributed by atoms with Crippen LogP contribution in [0.5, 0.6) is 0 Å². The Morgan fingerprint density at radius 1 is 0.531 bits per heavy atom. The highest BCUT2D eigenvalue weighted by Crippen LogP contribution is 2.43. The Bertz CT molecular complexity index is 1820. The second kappa shape index (κ2) is 7.51. The van der Waals surface area contributed by atoms with Gasteiger partial charge in [-0.1, -0.05) is 128 Å². The zero-order valence-electron chi connectivity index (χ0n) is 22.4. The van der Waals surface area contributed by atoms with Crippen LogP contribution >= 0.6 is 0 Å². The maximum absolute atomic E-state index is 8.54. The van der Waals surface area contributed by atoms with E-state index in [4.69, 9.17) is 6.85 Å². The number of rotatable bonds is 3. The molecule has 0 fully saturated rings. The van der Waals surface area contributed by atoms with E-state index in [1.807, 2.05) is 66.7 Å². The summed E-state index contributed by atoms with van der Waals surface area (Å²) in [5.41, 5.74) is 4.04. The normalized spacial score (nSPS) is 13.4. The summed E-state index contributed by atoms with van der Waals surface area (Å²) in [5, 5.41) is 6.23. The van der Waals surface area contributed by atoms with Crippen LogP contribution in [0.4, 0.5) is 0 Å². The van der Waals surface area contributed by atoms with Crippen molar-refractivity contribution in [3.05, 3.63) is 127 Å². The Labute approximate surface area is 195 Å². The van der Waals surface area contributed by atoms with Gasteiger partial charge in [0, 0.05) is 0 Å². The van der Waals surface area contributed by atoms with Gasteiger partial charge in [0.2, 0.25) is 0 Å². The maximum Gasteiger partial charge on any atom is 0.0629 e. The van der Waals surface area contributed by atoms with E-state index in [-0.39, 0.29) is 35.8 Å². The SMILES string of the molecule is [2H]c1c([2H])c([2H])c(-c2ccc(-c3c4ccccc4c(C=C)c4ccccc34)c3ccccc23)c([2H])c1[2H]. The third kappa shape index (κ3) is 2.77. The molecule has 0 aromatic heterocycles. The van der Waals surface area contributed by atoms with Gasteiger partial charge in [-0.3, -0.25) is 0 Å². The van der Waals surface area contributed by atoms with Gasteiger partial charge in [-0.25, -0.2) is 0 Å². The quantitative estimate of drug-likeness (QED) is 0.255. The van der Waals surface area contributed by atoms with Gasteiger partial charge >= 0.3 is 0 Å². The third-order valence-electron chi connectivity index (χ3n) is 6.14. The van der Waals surface area contributed by atoms with E-state index in [0.717, 1.165) is 49.0 Å². The minimum absolute atomic E-state index is 0.199. The molecule has 0 heteroatoms. The lowest BCUT2D eigenvalue weighted by atomic mass is 9.85. The fourth-order valence-electron chi connectivity index (χ4n) is 4.79. The molecule has 32 heavy (non-hydrogen) atoms. The van der Waals surface area contributed by atoms with Crippen LogP contribution in [-0.2, 0) is 0 Å². The summed E-state index contributed by atoms with van der Waals surface area (Å²) >= 11 is 0. The van der Waals surface area contributed by atoms with Crippen molar-refractivity contribution < 1.29 is 6.85 Å². The predicted molar refractivity (Wildman–Crippen MR) is 140 cm³/mol. The first-order valence-electron chi connectivity index (χ1n) is 13.1. The van der Waals surface area contributed by atoms with Gasteiger partial charge in [-0.2, -0.15) is 0 Å². The van der Waals surface area contributed by atoms with Crippen LogP contribution in [0.15, 0.2) is 122 Å². The van der Waals surface area contributed by atoms with Crippen molar-refractivity contribution in [1.29, 1.82) is 0 Å². The average Bonchev–Trinajstić information content (AvgIpc) is 2.94. The van der Waals surface area contributed by atoms with Gasteiger partial charge in [0.15, 0.2) is 0 Å². The Kier molecular flexibility index (Phi) is 3.29. The average molecular weight is 412 g/mol. The maximum atomic E-state index is 8.54. The molecule has 0 bridgehead atoms. The standard InChI is InChI=1S/C32H22/c1-2-23-25-14-8-10-18-29(25)32(30-19-11-9-15-26(23)30)31-21-20-24(22-12-4-3-5-13-22)27-16-6-7-17-28(27)31/h2-21H,1H2/i3D,4D,5D,12D,13D. The fourth-order valence-corrected chi connectivity index (χ4v) is 4.79. The smallest absolute Gasteiger partial charge is 0.0629 e. The fraction of sp³-hybridized carbons (Fsp3) is 0. The highest BCUT2D eigenvalue weighted by Gasteiger charge is 2.16. The summed E-state index contributed by atoms with van der Waals surface area (Å²) in [6, 6.07) is 27.0. The molecule has 6 rings (SSSR count). The molecule has 0 N–H and O–H groups in total. The molecule has 0 saturated heterocycles. The lowest BCUT2D eigenvalue weighted by Crippen LogP contribution is -1.91. The van der Waals surface area contributed by atoms with Crippen LogP contribution in [0.2, 0.25) is 0 Å². The van der Waals surface area contributed by atoms with E-state index >= 15 is 0 Å². The van der Waals surface area contributed by atoms with Crippen molar-refractivity contribution in [2.24, 2.45) is 0 Å². The predicted octanol–water partition coefficient (Wildman–Crippen LogP) is 9.12. The molecule has 0 amide bonds. The van der Waals surface area contributed by atoms with Crippen molar-refractivity contribution in [3.63, 3.8) is 0 Å². The van der Waals surface area contributed by atoms with Crippen LogP contribution in [0, 0.1) is 0 Å². The van der Waals surface area contributed by atoms with E-state index in [9.17, 15) is 0 Å². The first-order chi connectivity index (χ1) is 17.9. The molecule has 0 nitrogen and oxygen atoms in total. The van der Waals surface area contributed by atoms with Gasteiger partial charge in [-0.05, 0) is 60.1 Å². The molecule has 150 valence electrons. The minimum Gasteiger partial charge on any atom is -0.0984 e. The molecule has 6 aromatic rings. The molecule has 0 saturated carbocycles. The van der Waals surface area contributed by atoms with E-state index in [1.54, 1.807) is 0 Å². The van der Waals surface area contributed by atoms with Crippen molar-refractivity contribution in [2.75, 3.05) is 0 Å². The molecule has 0 radical (unpaired) electrons. The van der Waals surface area contributed by atoms with E-state index in [2.05, 4.69) is 30.8 Å². The number of hydrogen-bond donors (Lipinski definition) is 0. The zero-order valence-corrected chi connectivity index (χ0v) is 17.4. The summed E-state index contributed by atoms with van der Waals surface area (Å²) in [4.78, 5) is 0. The van der Waals surface area contributed by atoms with Gasteiger partial charge in [0.25, 0.3) is 0 Å². The molecular weight excluding hydrogens is 384 g/mol. The third-order valence-corrected chi connectivity index (χ3v) is 6.14. The Morgan fingerprint density at radius 2 is 1.00 bits per heavy atom. The van der Waals surface area contributed by atoms with Crippen LogP contribution < -0.4 is 0 Å². The Hall–Kier alpha value is -4.16. The minimum atomic E-state index is -0.389. The highest BCUT2D eigenvalue weighted by atomic mass is 14.2. The molecular formula is C32H22. The van der Waals surface area contributed by atoms with E-state index < -0.39 is 0 Å². The van der Waals surface area contributed by atoms with Gasteiger partial charge in [0.1, 0.15) is 0 Å². The molecule has 0 aliphatic carbocycles. The molecule has 0 aliphatic rings. The van der Waals surface area contributed by atoms with Crippen molar-refractivity contribution in [3.8, 4) is 22.3 Å². The molecule has 0 spiro atoms. The van der Waals surface area contributed by atoms with Crippen LogP contribution in [0.25, 0.3) is 60.6 Å². The summed E-state index contributed by atoms with van der Waals surface area (Å²) in [6.07, 6.45) is 1.91. The monoisotopic (exact) mass is 411 g/mol. The topological polar surface area (TPSA) is 0 Å². The summed E-state index contributed by atoms with van der Waals surface area (Å²) < 4.78 is 41.4. The number of benzene rings is 6. The van der Waals surface area contributed by atoms with Gasteiger partial charge < -0.3 is 0 Å². The van der Waals surface area contributed by atoms with Crippen molar-refractivity contribution in [2.45, 2.75) is 0 Å². The van der Waals surface area contributed by atoms with Crippen LogP contribution in [0.3, 0.4) is 0 Å². The second-order valence-corrected chi connectivity index (χ2v) is 7.79. The Morgan fingerprint density at radius 3 is 1.56 bits per heavy atom. The van der Waals surface area contributed by atoms with Crippen molar-refractivity contribution >= 4 is 38.4 Å².